The first-order chi connectivity index (χ1) is 19.3. The summed E-state index contributed by atoms with van der Waals surface area (Å²) in [6.45, 7) is -10.3. The maximum atomic E-state index is 15.8. The number of rotatable bonds is 1. The van der Waals surface area contributed by atoms with Crippen molar-refractivity contribution in [3.8, 4) is 0 Å². The number of aromatic amines is 1. The fourth-order valence-corrected chi connectivity index (χ4v) is 6.81. The molecule has 1 saturated heterocycles. The molecule has 23 heteroatoms. The second-order valence-electron chi connectivity index (χ2n) is 8.74. The summed E-state index contributed by atoms with van der Waals surface area (Å²) >= 11 is 8.91. The van der Waals surface area contributed by atoms with Crippen molar-refractivity contribution in [3.63, 3.8) is 0 Å². The molecule has 228 valence electrons. The Kier molecular flexibility index (Phi) is 8.29. The van der Waals surface area contributed by atoms with Gasteiger partial charge in [-0.3, -0.25) is 23.4 Å². The molecular formula is C19H23F2N9O8P2S2. The molecule has 2 aliphatic rings. The average Bonchev–Trinajstić information content (AvgIpc) is 3.54. The van der Waals surface area contributed by atoms with E-state index in [0.29, 0.717) is 11.2 Å². The second kappa shape index (κ2) is 11.2. The number of H-pyrrole nitrogens is 1. The first kappa shape index (κ1) is 31.0. The van der Waals surface area contributed by atoms with Gasteiger partial charge < -0.3 is 29.0 Å². The van der Waals surface area contributed by atoms with Crippen molar-refractivity contribution in [2.45, 2.75) is 44.9 Å². The molecule has 0 aromatic carbocycles. The standard InChI is InChI=1S/C18H19F2N9O8P2S2.CH4/c19-18(20)9-4-34-38(31,40)33-2-1-28-10(25-8-3-22-6-23-13(8)28)5-35-39(32,41)37-12(18)16(36-9)29-7-24-11-14(29)26-17(21)27-15(11)30;/h3,6-7,9,12,16H,1-2,4-5H2,(H,31,40)(H,32,41)(H3,21,26,27,30);1H4/t9-,12+,16-,38?,39?;/m1./s1. The number of hydrogen-bond donors (Lipinski definition) is 4. The van der Waals surface area contributed by atoms with E-state index in [0.717, 1.165) is 10.9 Å². The molecule has 42 heavy (non-hydrogen) atoms. The quantitative estimate of drug-likeness (QED) is 0.168. The van der Waals surface area contributed by atoms with E-state index in [2.05, 4.69) is 42.2 Å². The summed E-state index contributed by atoms with van der Waals surface area (Å²) in [5, 5.41) is 0. The summed E-state index contributed by atoms with van der Waals surface area (Å²) in [6.07, 6.45) is -2.58. The molecule has 0 spiro atoms. The number of nitrogens with one attached hydrogen (secondary N) is 1. The van der Waals surface area contributed by atoms with Gasteiger partial charge in [0, 0.05) is 6.54 Å². The van der Waals surface area contributed by atoms with Gasteiger partial charge in [-0.05, 0) is 11.8 Å². The number of alkyl halides is 2. The Morgan fingerprint density at radius 2 is 2.02 bits per heavy atom. The number of halogens is 2. The molecule has 0 amide bonds. The number of ether oxygens (including phenoxy) is 1. The topological polar surface area (TPSA) is 217 Å². The number of thiol groups is 1. The lowest BCUT2D eigenvalue weighted by Crippen LogP contribution is -2.42. The van der Waals surface area contributed by atoms with Gasteiger partial charge >= 0.3 is 19.4 Å². The monoisotopic (exact) mass is 669 g/mol. The lowest BCUT2D eigenvalue weighted by Gasteiger charge is -2.26. The Morgan fingerprint density at radius 3 is 2.81 bits per heavy atom. The molecule has 4 aromatic heterocycles. The number of nitrogens with two attached hydrogens (primary N) is 1. The van der Waals surface area contributed by atoms with E-state index in [9.17, 15) is 14.3 Å². The van der Waals surface area contributed by atoms with Crippen LogP contribution in [0.25, 0.3) is 22.3 Å². The Hall–Kier alpha value is -2.45. The van der Waals surface area contributed by atoms with Crippen molar-refractivity contribution >= 4 is 65.8 Å². The summed E-state index contributed by atoms with van der Waals surface area (Å²) in [6, 6.07) is 0. The van der Waals surface area contributed by atoms with Crippen LogP contribution in [0.4, 0.5) is 14.7 Å². The zero-order chi connectivity index (χ0) is 29.2. The van der Waals surface area contributed by atoms with Gasteiger partial charge in [0.05, 0.1) is 25.7 Å². The Bertz CT molecular complexity index is 1810. The van der Waals surface area contributed by atoms with Crippen LogP contribution < -0.4 is 11.3 Å². The van der Waals surface area contributed by atoms with Crippen molar-refractivity contribution < 1.29 is 41.1 Å². The Balaban J connectivity index is 0.00000353. The average molecular weight is 670 g/mol. The second-order valence-corrected chi connectivity index (χ2v) is 14.5. The lowest BCUT2D eigenvalue weighted by atomic mass is 10.1. The highest BCUT2D eigenvalue weighted by molar-refractivity contribution is 8.44. The molecular weight excluding hydrogens is 646 g/mol. The maximum Gasteiger partial charge on any atom is 0.387 e. The van der Waals surface area contributed by atoms with E-state index < -0.39 is 56.6 Å². The number of imidazole rings is 2. The Morgan fingerprint density at radius 1 is 1.24 bits per heavy atom. The highest BCUT2D eigenvalue weighted by Crippen LogP contribution is 2.60. The zero-order valence-corrected chi connectivity index (χ0v) is 23.8. The highest BCUT2D eigenvalue weighted by Gasteiger charge is 2.63. The summed E-state index contributed by atoms with van der Waals surface area (Å²) in [5.41, 5.74) is 5.12. The fourth-order valence-electron chi connectivity index (χ4n) is 4.35. The molecule has 2 unspecified atom stereocenters. The van der Waals surface area contributed by atoms with Crippen molar-refractivity contribution in [1.29, 1.82) is 0 Å². The van der Waals surface area contributed by atoms with E-state index in [1.165, 1.54) is 17.1 Å². The third kappa shape index (κ3) is 5.73. The van der Waals surface area contributed by atoms with E-state index in [1.807, 2.05) is 0 Å². The van der Waals surface area contributed by atoms with Gasteiger partial charge in [0.1, 0.15) is 24.3 Å². The predicted molar refractivity (Wildman–Crippen MR) is 148 cm³/mol. The van der Waals surface area contributed by atoms with Crippen LogP contribution in [0.15, 0.2) is 23.6 Å². The minimum absolute atomic E-state index is 0. The van der Waals surface area contributed by atoms with Crippen LogP contribution in [0, 0.1) is 0 Å². The van der Waals surface area contributed by atoms with Crippen molar-refractivity contribution in [2.24, 2.45) is 0 Å². The highest BCUT2D eigenvalue weighted by atomic mass is 32.7. The van der Waals surface area contributed by atoms with Gasteiger partial charge in [-0.25, -0.2) is 33.3 Å². The minimum atomic E-state index is -4.58. The fraction of sp³-hybridized carbons (Fsp3) is 0.474. The molecule has 6 rings (SSSR count). The summed E-state index contributed by atoms with van der Waals surface area (Å²) in [5.74, 6) is -4.13. The third-order valence-corrected chi connectivity index (χ3v) is 9.34. The molecule has 0 radical (unpaired) electrons. The summed E-state index contributed by atoms with van der Waals surface area (Å²) < 4.78 is 74.2. The van der Waals surface area contributed by atoms with Crippen molar-refractivity contribution in [2.75, 3.05) is 18.9 Å². The molecule has 5 atom stereocenters. The molecule has 6 heterocycles. The van der Waals surface area contributed by atoms with Gasteiger partial charge in [-0.2, -0.15) is 4.98 Å². The number of anilines is 1. The smallest absolute Gasteiger partial charge is 0.369 e. The van der Waals surface area contributed by atoms with Gasteiger partial charge in [0.2, 0.25) is 5.95 Å². The number of nitrogen functional groups attached to an aromatic ring is 1. The number of hydrogen-bond acceptors (Lipinski definition) is 14. The SMILES string of the molecule is C.Nc1nc2c(ncn2[C@@H]2O[C@@H]3COP(O)(=S)OCCn4c(nc5cncnc54)COP(=O)(S)O[C@@H]2C3(F)F)c(=O)[nH]1. The molecule has 0 saturated carbocycles. The van der Waals surface area contributed by atoms with Crippen LogP contribution in [-0.4, -0.2) is 75.3 Å². The molecule has 0 aliphatic carbocycles. The zero-order valence-electron chi connectivity index (χ0n) is 20.3. The van der Waals surface area contributed by atoms with Crippen molar-refractivity contribution in [3.05, 3.63) is 35.0 Å². The van der Waals surface area contributed by atoms with Crippen LogP contribution in [0.1, 0.15) is 19.5 Å². The first-order valence-corrected chi connectivity index (χ1v) is 16.8. The minimum Gasteiger partial charge on any atom is -0.369 e. The van der Waals surface area contributed by atoms with Crippen LogP contribution in [-0.2, 0) is 52.4 Å². The van der Waals surface area contributed by atoms with Gasteiger partial charge in [-0.1, -0.05) is 19.7 Å². The van der Waals surface area contributed by atoms with Gasteiger partial charge in [-0.15, -0.1) is 0 Å². The van der Waals surface area contributed by atoms with Crippen LogP contribution >= 0.6 is 25.8 Å². The van der Waals surface area contributed by atoms with E-state index in [1.54, 1.807) is 0 Å². The lowest BCUT2D eigenvalue weighted by molar-refractivity contribution is -0.117. The Labute approximate surface area is 244 Å². The van der Waals surface area contributed by atoms with E-state index >= 15 is 8.78 Å². The molecule has 2 bridgehead atoms. The number of aromatic nitrogens is 8. The summed E-state index contributed by atoms with van der Waals surface area (Å²) in [7, 11) is 0. The normalized spacial score (nSPS) is 30.3. The van der Waals surface area contributed by atoms with Gasteiger partial charge in [0.15, 0.2) is 35.2 Å². The number of nitrogens with zero attached hydrogens (tertiary/aromatic N) is 7. The number of fused-ring (bicyclic) bond motifs is 6. The van der Waals surface area contributed by atoms with Crippen LogP contribution in [0.2, 0.25) is 0 Å². The first-order valence-electron chi connectivity index (χ1n) is 11.5. The molecule has 17 nitrogen and oxygen atoms in total. The van der Waals surface area contributed by atoms with E-state index in [4.69, 9.17) is 40.4 Å². The van der Waals surface area contributed by atoms with Crippen molar-refractivity contribution in [1.82, 2.24) is 39.0 Å². The summed E-state index contributed by atoms with van der Waals surface area (Å²) in [4.78, 5) is 45.3. The van der Waals surface area contributed by atoms with Gasteiger partial charge in [0.25, 0.3) is 5.56 Å². The largest absolute Gasteiger partial charge is 0.387 e. The maximum absolute atomic E-state index is 15.8. The van der Waals surface area contributed by atoms with E-state index in [-0.39, 0.29) is 43.5 Å². The molecule has 4 N–H and O–H groups in total. The molecule has 2 aliphatic heterocycles. The van der Waals surface area contributed by atoms with Crippen LogP contribution in [0.5, 0.6) is 0 Å². The predicted octanol–water partition coefficient (Wildman–Crippen LogP) is 1.91. The molecule has 4 aromatic rings. The molecule has 1 fully saturated rings. The van der Waals surface area contributed by atoms with Crippen LogP contribution in [0.3, 0.4) is 0 Å². The third-order valence-electron chi connectivity index (χ3n) is 6.15.